The molecule has 0 aromatic carbocycles. The van der Waals surface area contributed by atoms with E-state index >= 15 is 0 Å². The highest BCUT2D eigenvalue weighted by Crippen LogP contribution is 2.24. The van der Waals surface area contributed by atoms with Crippen molar-refractivity contribution in [2.45, 2.75) is 25.7 Å². The summed E-state index contributed by atoms with van der Waals surface area (Å²) in [5.41, 5.74) is 0. The number of carbonyl (C=O) groups is 1. The minimum atomic E-state index is 0.106. The molecule has 0 aromatic rings. The zero-order chi connectivity index (χ0) is 7.40. The largest absolute Gasteiger partial charge is 0.285 e. The van der Waals surface area contributed by atoms with Crippen LogP contribution in [0, 0.1) is 16.7 Å². The molecule has 0 N–H and O–H groups in total. The Morgan fingerprint density at radius 1 is 1.40 bits per heavy atom. The Morgan fingerprint density at radius 3 is 2.50 bits per heavy atom. The van der Waals surface area contributed by atoms with Crippen molar-refractivity contribution in [3.8, 4) is 10.8 Å². The molecule has 1 rings (SSSR count). The van der Waals surface area contributed by atoms with Gasteiger partial charge in [0.25, 0.3) is 0 Å². The zero-order valence-electron chi connectivity index (χ0n) is 5.69. The highest BCUT2D eigenvalue weighted by Gasteiger charge is 2.20. The first kappa shape index (κ1) is 7.81. The number of hydrogen-bond acceptors (Lipinski definition) is 1. The van der Waals surface area contributed by atoms with E-state index in [-0.39, 0.29) is 11.7 Å². The molecule has 2 heteroatoms. The molecule has 0 amide bonds. The maximum atomic E-state index is 11.0. The fourth-order valence-electron chi connectivity index (χ4n) is 1.34. The minimum Gasteiger partial charge on any atom is -0.285 e. The first-order valence-electron chi connectivity index (χ1n) is 3.50. The summed E-state index contributed by atoms with van der Waals surface area (Å²) >= 11 is 2.92. The van der Waals surface area contributed by atoms with Crippen molar-refractivity contribution < 1.29 is 4.79 Å². The normalized spacial score (nSPS) is 18.1. The third kappa shape index (κ3) is 1.85. The molecule has 0 radical (unpaired) electrons. The molecule has 0 aromatic heterocycles. The molecule has 0 atom stereocenters. The maximum Gasteiger partial charge on any atom is 0.209 e. The van der Waals surface area contributed by atoms with Gasteiger partial charge in [-0.2, -0.15) is 0 Å². The highest BCUT2D eigenvalue weighted by atomic mass is 79.9. The molecule has 0 unspecified atom stereocenters. The molecule has 1 fully saturated rings. The third-order valence-corrected chi connectivity index (χ3v) is 2.09. The van der Waals surface area contributed by atoms with E-state index in [0.29, 0.717) is 0 Å². The molecule has 1 aliphatic rings. The van der Waals surface area contributed by atoms with Crippen LogP contribution in [0.1, 0.15) is 25.7 Å². The van der Waals surface area contributed by atoms with E-state index in [4.69, 9.17) is 0 Å². The van der Waals surface area contributed by atoms with E-state index in [9.17, 15) is 4.79 Å². The second-order valence-electron chi connectivity index (χ2n) is 2.57. The van der Waals surface area contributed by atoms with Gasteiger partial charge in [0.1, 0.15) is 0 Å². The topological polar surface area (TPSA) is 17.1 Å². The summed E-state index contributed by atoms with van der Waals surface area (Å²) in [4.78, 5) is 13.5. The van der Waals surface area contributed by atoms with Gasteiger partial charge in [0.2, 0.25) is 5.78 Å². The Bertz CT molecular complexity index is 181. The highest BCUT2D eigenvalue weighted by molar-refractivity contribution is 9.12. The van der Waals surface area contributed by atoms with Crippen LogP contribution in [0.25, 0.3) is 0 Å². The van der Waals surface area contributed by atoms with E-state index in [1.165, 1.54) is 12.8 Å². The van der Waals surface area contributed by atoms with Crippen molar-refractivity contribution in [1.29, 1.82) is 0 Å². The van der Waals surface area contributed by atoms with Gasteiger partial charge < -0.3 is 0 Å². The van der Waals surface area contributed by atoms with Crippen LogP contribution in [-0.4, -0.2) is 5.78 Å². The van der Waals surface area contributed by atoms with Gasteiger partial charge in [0, 0.05) is 21.8 Å². The van der Waals surface area contributed by atoms with Gasteiger partial charge in [-0.25, -0.2) is 0 Å². The van der Waals surface area contributed by atoms with Crippen LogP contribution in [0.3, 0.4) is 0 Å². The fraction of sp³-hybridized carbons (Fsp3) is 0.625. The second kappa shape index (κ2) is 3.78. The lowest BCUT2D eigenvalue weighted by molar-refractivity contribution is -0.117. The van der Waals surface area contributed by atoms with E-state index < -0.39 is 0 Å². The van der Waals surface area contributed by atoms with Gasteiger partial charge in [-0.05, 0) is 23.6 Å². The van der Waals surface area contributed by atoms with Crippen LogP contribution >= 0.6 is 15.9 Å². The van der Waals surface area contributed by atoms with Gasteiger partial charge in [0.05, 0.1) is 0 Å². The molecule has 1 aliphatic carbocycles. The summed E-state index contributed by atoms with van der Waals surface area (Å²) < 4.78 is 0. The van der Waals surface area contributed by atoms with Crippen LogP contribution in [0.15, 0.2) is 0 Å². The lowest BCUT2D eigenvalue weighted by atomic mass is 10.0. The number of halogens is 1. The van der Waals surface area contributed by atoms with Gasteiger partial charge in [-0.15, -0.1) is 0 Å². The Morgan fingerprint density at radius 2 is 2.00 bits per heavy atom. The van der Waals surface area contributed by atoms with Crippen LogP contribution in [0.5, 0.6) is 0 Å². The van der Waals surface area contributed by atoms with Crippen molar-refractivity contribution in [3.63, 3.8) is 0 Å². The van der Waals surface area contributed by atoms with Crippen molar-refractivity contribution >= 4 is 21.7 Å². The Kier molecular flexibility index (Phi) is 2.95. The molecular weight excluding hydrogens is 192 g/mol. The monoisotopic (exact) mass is 200 g/mol. The SMILES string of the molecule is O=C(C#CBr)C1CCCC1. The predicted molar refractivity (Wildman–Crippen MR) is 43.7 cm³/mol. The second-order valence-corrected chi connectivity index (χ2v) is 2.96. The first-order valence-corrected chi connectivity index (χ1v) is 4.29. The Balaban J connectivity index is 2.45. The van der Waals surface area contributed by atoms with Gasteiger partial charge >= 0.3 is 0 Å². The standard InChI is InChI=1S/C8H9BrO/c9-6-5-8(10)7-3-1-2-4-7/h7H,1-4H2. The van der Waals surface area contributed by atoms with Crippen molar-refractivity contribution in [2.24, 2.45) is 5.92 Å². The summed E-state index contributed by atoms with van der Waals surface area (Å²) in [7, 11) is 0. The van der Waals surface area contributed by atoms with E-state index in [1.54, 1.807) is 0 Å². The van der Waals surface area contributed by atoms with Gasteiger partial charge in [-0.1, -0.05) is 12.8 Å². The number of carbonyl (C=O) groups excluding carboxylic acids is 1. The van der Waals surface area contributed by atoms with Crippen LogP contribution in [0.4, 0.5) is 0 Å². The van der Waals surface area contributed by atoms with Crippen molar-refractivity contribution in [2.75, 3.05) is 0 Å². The quantitative estimate of drug-likeness (QED) is 0.593. The smallest absolute Gasteiger partial charge is 0.209 e. The molecule has 0 aliphatic heterocycles. The van der Waals surface area contributed by atoms with E-state index in [2.05, 4.69) is 26.7 Å². The molecule has 1 nitrogen and oxygen atoms in total. The fourth-order valence-corrected chi connectivity index (χ4v) is 1.53. The Hall–Kier alpha value is -0.290. The lowest BCUT2D eigenvalue weighted by Crippen LogP contribution is -2.06. The third-order valence-electron chi connectivity index (χ3n) is 1.90. The average molecular weight is 201 g/mol. The molecular formula is C8H9BrO. The molecule has 54 valence electrons. The Labute approximate surface area is 69.3 Å². The van der Waals surface area contributed by atoms with Crippen LogP contribution < -0.4 is 0 Å². The summed E-state index contributed by atoms with van der Waals surface area (Å²) in [5.74, 6) is 2.86. The molecule has 0 spiro atoms. The average Bonchev–Trinajstić information content (AvgIpc) is 2.38. The number of hydrogen-bond donors (Lipinski definition) is 0. The molecule has 0 saturated heterocycles. The summed E-state index contributed by atoms with van der Waals surface area (Å²) in [5, 5.41) is 0. The number of Topliss-reactive ketones (excluding diaryl/α,β-unsaturated/α-hetero) is 1. The maximum absolute atomic E-state index is 11.0. The predicted octanol–water partition coefficient (Wildman–Crippen LogP) is 2.10. The molecule has 0 heterocycles. The minimum absolute atomic E-state index is 0.106. The van der Waals surface area contributed by atoms with Crippen LogP contribution in [0.2, 0.25) is 0 Å². The summed E-state index contributed by atoms with van der Waals surface area (Å²) in [6.45, 7) is 0. The molecule has 10 heavy (non-hydrogen) atoms. The van der Waals surface area contributed by atoms with Gasteiger partial charge in [-0.3, -0.25) is 4.79 Å². The van der Waals surface area contributed by atoms with Gasteiger partial charge in [0.15, 0.2) is 0 Å². The van der Waals surface area contributed by atoms with E-state index in [0.717, 1.165) is 12.8 Å². The number of rotatable bonds is 1. The molecule has 0 bridgehead atoms. The van der Waals surface area contributed by atoms with Crippen molar-refractivity contribution in [1.82, 2.24) is 0 Å². The molecule has 1 saturated carbocycles. The van der Waals surface area contributed by atoms with Crippen LogP contribution in [-0.2, 0) is 4.79 Å². The lowest BCUT2D eigenvalue weighted by Gasteiger charge is -1.98. The zero-order valence-corrected chi connectivity index (χ0v) is 7.28. The van der Waals surface area contributed by atoms with E-state index in [1.807, 2.05) is 0 Å². The van der Waals surface area contributed by atoms with Crippen molar-refractivity contribution in [3.05, 3.63) is 0 Å². The summed E-state index contributed by atoms with van der Waals surface area (Å²) in [6, 6.07) is 0. The first-order chi connectivity index (χ1) is 4.84. The number of ketones is 1. The summed E-state index contributed by atoms with van der Waals surface area (Å²) in [6.07, 6.45) is 4.47.